The van der Waals surface area contributed by atoms with E-state index in [4.69, 9.17) is 5.73 Å². The number of aryl methyl sites for hydroxylation is 1. The van der Waals surface area contributed by atoms with Gasteiger partial charge in [-0.05, 0) is 62.9 Å². The predicted octanol–water partition coefficient (Wildman–Crippen LogP) is 1.70. The number of carbonyl (C=O) groups is 3. The molecule has 1 saturated carbocycles. The predicted molar refractivity (Wildman–Crippen MR) is 127 cm³/mol. The SMILES string of the molecule is CCCCCc1ccc(O)c2c1C[C@H]1C[C@@H]3[C@H](N(C)C)C(=O)C(C(N)=O)=C(O)[C@@]3(O)C(=O)C1=C2O. The quantitative estimate of drug-likeness (QED) is 0.301. The lowest BCUT2D eigenvalue weighted by atomic mass is 9.57. The van der Waals surface area contributed by atoms with Crippen molar-refractivity contribution in [2.45, 2.75) is 57.1 Å². The molecule has 6 N–H and O–H groups in total. The Morgan fingerprint density at radius 3 is 2.46 bits per heavy atom. The number of nitrogens with two attached hydrogens (primary N) is 1. The van der Waals surface area contributed by atoms with Crippen molar-refractivity contribution in [3.63, 3.8) is 0 Å². The number of phenols is 1. The van der Waals surface area contributed by atoms with E-state index >= 15 is 0 Å². The first-order valence-electron chi connectivity index (χ1n) is 11.9. The zero-order valence-corrected chi connectivity index (χ0v) is 20.2. The van der Waals surface area contributed by atoms with E-state index in [2.05, 4.69) is 6.92 Å². The monoisotopic (exact) mass is 484 g/mol. The molecule has 4 rings (SSSR count). The molecule has 1 fully saturated rings. The number of aliphatic hydroxyl groups is 3. The molecule has 9 heteroatoms. The maximum Gasteiger partial charge on any atom is 0.255 e. The number of rotatable bonds is 6. The van der Waals surface area contributed by atoms with Crippen LogP contribution in [0.4, 0.5) is 0 Å². The summed E-state index contributed by atoms with van der Waals surface area (Å²) in [6.45, 7) is 2.10. The summed E-state index contributed by atoms with van der Waals surface area (Å²) in [5.41, 5.74) is 3.64. The van der Waals surface area contributed by atoms with Crippen LogP contribution in [0.2, 0.25) is 0 Å². The maximum atomic E-state index is 13.8. The van der Waals surface area contributed by atoms with E-state index in [1.165, 1.54) is 11.0 Å². The van der Waals surface area contributed by atoms with E-state index in [0.29, 0.717) is 6.42 Å². The van der Waals surface area contributed by atoms with Gasteiger partial charge in [-0.3, -0.25) is 19.3 Å². The number of unbranched alkanes of at least 4 members (excludes halogenated alkanes) is 2. The van der Waals surface area contributed by atoms with Gasteiger partial charge in [0, 0.05) is 11.5 Å². The standard InChI is InChI=1S/C26H32N2O7/c1-4-5-6-7-12-8-9-16(29)18-14(12)10-13-11-15-20(28(2)3)22(31)19(25(27)34)24(33)26(15,35)23(32)17(13)21(18)30/h8-9,13,15,20,29-30,33,35H,4-7,10-11H2,1-3H3,(H2,27,34)/t13-,15+,20-,26-/m0/s1. The molecule has 0 saturated heterocycles. The Balaban J connectivity index is 1.91. The second kappa shape index (κ2) is 8.80. The minimum absolute atomic E-state index is 0.0931. The van der Waals surface area contributed by atoms with Crippen molar-refractivity contribution < 1.29 is 34.8 Å². The number of Topliss-reactive ketones (excluding diaryl/α,β-unsaturated/α-hetero) is 2. The lowest BCUT2D eigenvalue weighted by Gasteiger charge is -2.50. The summed E-state index contributed by atoms with van der Waals surface area (Å²) < 4.78 is 0. The summed E-state index contributed by atoms with van der Waals surface area (Å²) in [5, 5.41) is 44.2. The van der Waals surface area contributed by atoms with Gasteiger partial charge < -0.3 is 26.2 Å². The third kappa shape index (κ3) is 3.56. The fourth-order valence-corrected chi connectivity index (χ4v) is 6.11. The summed E-state index contributed by atoms with van der Waals surface area (Å²) in [6, 6.07) is 2.22. The van der Waals surface area contributed by atoms with Gasteiger partial charge in [-0.1, -0.05) is 25.8 Å². The van der Waals surface area contributed by atoms with Gasteiger partial charge in [-0.2, -0.15) is 0 Å². The Hall–Kier alpha value is -3.17. The first-order chi connectivity index (χ1) is 16.5. The average molecular weight is 485 g/mol. The zero-order valence-electron chi connectivity index (χ0n) is 20.2. The minimum atomic E-state index is -2.61. The molecule has 1 amide bonds. The van der Waals surface area contributed by atoms with Gasteiger partial charge in [-0.25, -0.2) is 0 Å². The number of phenolic OH excluding ortho intramolecular Hbond substituents is 1. The molecule has 0 unspecified atom stereocenters. The van der Waals surface area contributed by atoms with Crippen LogP contribution in [0.1, 0.15) is 49.3 Å². The molecule has 0 heterocycles. The Labute approximate surface area is 203 Å². The number of nitrogens with zero attached hydrogens (tertiary/aromatic N) is 1. The molecular weight excluding hydrogens is 452 g/mol. The van der Waals surface area contributed by atoms with Gasteiger partial charge in [0.2, 0.25) is 5.78 Å². The molecule has 188 valence electrons. The van der Waals surface area contributed by atoms with Gasteiger partial charge in [0.05, 0.1) is 11.6 Å². The number of fused-ring (bicyclic) bond motifs is 3. The molecular formula is C26H32N2O7. The third-order valence-electron chi connectivity index (χ3n) is 7.75. The van der Waals surface area contributed by atoms with Gasteiger partial charge in [-0.15, -0.1) is 0 Å². The second-order valence-corrected chi connectivity index (χ2v) is 10.0. The van der Waals surface area contributed by atoms with Crippen molar-refractivity contribution in [1.82, 2.24) is 4.90 Å². The Bertz CT molecular complexity index is 1180. The van der Waals surface area contributed by atoms with Crippen LogP contribution < -0.4 is 5.73 Å². The molecule has 4 atom stereocenters. The number of primary amides is 1. The topological polar surface area (TPSA) is 161 Å². The highest BCUT2D eigenvalue weighted by atomic mass is 16.3. The van der Waals surface area contributed by atoms with Crippen molar-refractivity contribution in [2.24, 2.45) is 17.6 Å². The number of benzene rings is 1. The molecule has 3 aliphatic rings. The van der Waals surface area contributed by atoms with Crippen molar-refractivity contribution in [3.05, 3.63) is 45.7 Å². The third-order valence-corrected chi connectivity index (χ3v) is 7.75. The summed E-state index contributed by atoms with van der Waals surface area (Å²) in [5.74, 6) is -6.33. The van der Waals surface area contributed by atoms with Gasteiger partial charge in [0.15, 0.2) is 11.4 Å². The lowest BCUT2D eigenvalue weighted by Crippen LogP contribution is -2.65. The molecule has 0 bridgehead atoms. The number of hydrogen-bond acceptors (Lipinski definition) is 8. The second-order valence-electron chi connectivity index (χ2n) is 10.0. The number of amides is 1. The minimum Gasteiger partial charge on any atom is -0.508 e. The summed E-state index contributed by atoms with van der Waals surface area (Å²) in [4.78, 5) is 40.4. The van der Waals surface area contributed by atoms with Crippen molar-refractivity contribution in [2.75, 3.05) is 14.1 Å². The lowest BCUT2D eigenvalue weighted by molar-refractivity contribution is -0.153. The van der Waals surface area contributed by atoms with Gasteiger partial charge in [0.1, 0.15) is 22.8 Å². The number of hydrogen-bond donors (Lipinski definition) is 5. The van der Waals surface area contributed by atoms with Crippen molar-refractivity contribution in [3.8, 4) is 5.75 Å². The molecule has 0 radical (unpaired) electrons. The summed E-state index contributed by atoms with van der Waals surface area (Å²) in [6.07, 6.45) is 4.16. The molecule has 0 spiro atoms. The van der Waals surface area contributed by atoms with Crippen LogP contribution in [0.5, 0.6) is 5.75 Å². The van der Waals surface area contributed by atoms with Crippen LogP contribution >= 0.6 is 0 Å². The van der Waals surface area contributed by atoms with E-state index in [9.17, 15) is 34.8 Å². The highest BCUT2D eigenvalue weighted by molar-refractivity contribution is 6.24. The molecule has 35 heavy (non-hydrogen) atoms. The smallest absolute Gasteiger partial charge is 0.255 e. The first kappa shape index (κ1) is 24.9. The van der Waals surface area contributed by atoms with Crippen LogP contribution in [0.15, 0.2) is 29.0 Å². The van der Waals surface area contributed by atoms with E-state index in [1.54, 1.807) is 14.1 Å². The number of ketones is 2. The maximum absolute atomic E-state index is 13.8. The molecule has 1 aromatic carbocycles. The van der Waals surface area contributed by atoms with Crippen molar-refractivity contribution in [1.29, 1.82) is 0 Å². The van der Waals surface area contributed by atoms with Crippen LogP contribution in [0.25, 0.3) is 5.76 Å². The Kier molecular flexibility index (Phi) is 6.27. The van der Waals surface area contributed by atoms with E-state index in [1.807, 2.05) is 6.07 Å². The van der Waals surface area contributed by atoms with Crippen molar-refractivity contribution >= 4 is 23.2 Å². The Morgan fingerprint density at radius 2 is 1.86 bits per heavy atom. The zero-order chi connectivity index (χ0) is 25.8. The number of aliphatic hydroxyl groups excluding tert-OH is 2. The fraction of sp³-hybridized carbons (Fsp3) is 0.500. The summed E-state index contributed by atoms with van der Waals surface area (Å²) >= 11 is 0. The van der Waals surface area contributed by atoms with Crippen LogP contribution in [-0.2, 0) is 27.2 Å². The Morgan fingerprint density at radius 1 is 1.17 bits per heavy atom. The van der Waals surface area contributed by atoms with Gasteiger partial charge >= 0.3 is 0 Å². The van der Waals surface area contributed by atoms with Crippen LogP contribution in [-0.4, -0.2) is 68.5 Å². The number of likely N-dealkylation sites (N-methyl/N-ethyl adjacent to an activating group) is 1. The highest BCUT2D eigenvalue weighted by Gasteiger charge is 2.64. The van der Waals surface area contributed by atoms with E-state index in [0.717, 1.165) is 36.8 Å². The molecule has 0 aromatic heterocycles. The van der Waals surface area contributed by atoms with E-state index < -0.39 is 58.0 Å². The van der Waals surface area contributed by atoms with Crippen LogP contribution in [0, 0.1) is 11.8 Å². The largest absolute Gasteiger partial charge is 0.508 e. The van der Waals surface area contributed by atoms with Crippen LogP contribution in [0.3, 0.4) is 0 Å². The highest BCUT2D eigenvalue weighted by Crippen LogP contribution is 2.53. The number of carbonyl (C=O) groups excluding carboxylic acids is 3. The fourth-order valence-electron chi connectivity index (χ4n) is 6.11. The summed E-state index contributed by atoms with van der Waals surface area (Å²) in [7, 11) is 3.16. The van der Waals surface area contributed by atoms with Gasteiger partial charge in [0.25, 0.3) is 5.91 Å². The van der Waals surface area contributed by atoms with E-state index in [-0.39, 0.29) is 23.3 Å². The number of aromatic hydroxyl groups is 1. The molecule has 3 aliphatic carbocycles. The molecule has 0 aliphatic heterocycles. The average Bonchev–Trinajstić information content (AvgIpc) is 2.77. The first-order valence-corrected chi connectivity index (χ1v) is 11.9. The normalized spacial score (nSPS) is 28.2. The molecule has 9 nitrogen and oxygen atoms in total. The molecule has 1 aromatic rings.